The SMILES string of the molecule is CC(C)(C)OC(=O)N1CC(Oc2ccc3c(c2)C(O)N(C2CCC(=O)NC2=O)C3=O)C1. The largest absolute Gasteiger partial charge is 0.487 e. The second kappa shape index (κ2) is 7.52. The van der Waals surface area contributed by atoms with Crippen LogP contribution in [0.4, 0.5) is 4.79 Å². The molecule has 0 aromatic heterocycles. The van der Waals surface area contributed by atoms with Crippen LogP contribution in [0.15, 0.2) is 18.2 Å². The average Bonchev–Trinajstić information content (AvgIpc) is 2.87. The molecule has 3 aliphatic rings. The number of ether oxygens (including phenoxy) is 2. The molecule has 0 aliphatic carbocycles. The molecule has 10 heteroatoms. The van der Waals surface area contributed by atoms with Gasteiger partial charge in [-0.3, -0.25) is 24.6 Å². The zero-order valence-corrected chi connectivity index (χ0v) is 17.6. The van der Waals surface area contributed by atoms with Crippen molar-refractivity contribution >= 4 is 23.8 Å². The van der Waals surface area contributed by atoms with Gasteiger partial charge in [0.1, 0.15) is 23.5 Å². The number of hydrogen-bond donors (Lipinski definition) is 2. The van der Waals surface area contributed by atoms with Crippen LogP contribution in [0.25, 0.3) is 0 Å². The van der Waals surface area contributed by atoms with Crippen LogP contribution in [0.3, 0.4) is 0 Å². The number of aliphatic hydroxyl groups excluding tert-OH is 1. The summed E-state index contributed by atoms with van der Waals surface area (Å²) in [6.45, 7) is 6.14. The summed E-state index contributed by atoms with van der Waals surface area (Å²) in [6.07, 6.45) is -1.68. The Morgan fingerprint density at radius 3 is 2.55 bits per heavy atom. The maximum absolute atomic E-state index is 12.8. The van der Waals surface area contributed by atoms with Crippen LogP contribution in [0.1, 0.15) is 55.8 Å². The van der Waals surface area contributed by atoms with E-state index in [1.165, 1.54) is 4.90 Å². The van der Waals surface area contributed by atoms with E-state index in [-0.39, 0.29) is 24.5 Å². The van der Waals surface area contributed by atoms with Gasteiger partial charge in [-0.25, -0.2) is 4.79 Å². The minimum absolute atomic E-state index is 0.105. The number of fused-ring (bicyclic) bond motifs is 1. The molecule has 2 fully saturated rings. The summed E-state index contributed by atoms with van der Waals surface area (Å²) in [5.74, 6) is -1.01. The summed E-state index contributed by atoms with van der Waals surface area (Å²) in [6, 6.07) is 3.82. The standard InChI is InChI=1S/C21H25N3O7/c1-21(2,3)31-20(29)23-9-12(10-23)30-11-4-5-13-14(8-11)19(28)24(18(13)27)15-6-7-16(25)22-17(15)26/h4-5,8,12,15,19,28H,6-7,9-10H2,1-3H3,(H,22,25,26). The number of hydrogen-bond acceptors (Lipinski definition) is 7. The normalized spacial score (nSPS) is 23.9. The van der Waals surface area contributed by atoms with Crippen LogP contribution < -0.4 is 10.1 Å². The summed E-state index contributed by atoms with van der Waals surface area (Å²) in [5, 5.41) is 12.9. The first-order valence-corrected chi connectivity index (χ1v) is 10.2. The van der Waals surface area contributed by atoms with Crippen molar-refractivity contribution in [3.05, 3.63) is 29.3 Å². The van der Waals surface area contributed by atoms with E-state index in [0.717, 1.165) is 4.90 Å². The lowest BCUT2D eigenvalue weighted by molar-refractivity contribution is -0.139. The van der Waals surface area contributed by atoms with Gasteiger partial charge in [-0.15, -0.1) is 0 Å². The summed E-state index contributed by atoms with van der Waals surface area (Å²) in [4.78, 5) is 51.0. The lowest BCUT2D eigenvalue weighted by Gasteiger charge is -2.39. The number of carbonyl (C=O) groups excluding carboxylic acids is 4. The highest BCUT2D eigenvalue weighted by molar-refractivity contribution is 6.05. The monoisotopic (exact) mass is 431 g/mol. The number of nitrogens with one attached hydrogen (secondary N) is 1. The van der Waals surface area contributed by atoms with Gasteiger partial charge in [-0.1, -0.05) is 0 Å². The van der Waals surface area contributed by atoms with Gasteiger partial charge in [-0.2, -0.15) is 0 Å². The summed E-state index contributed by atoms with van der Waals surface area (Å²) < 4.78 is 11.2. The maximum Gasteiger partial charge on any atom is 0.410 e. The van der Waals surface area contributed by atoms with Crippen molar-refractivity contribution in [1.82, 2.24) is 15.1 Å². The van der Waals surface area contributed by atoms with Crippen molar-refractivity contribution in [2.75, 3.05) is 13.1 Å². The lowest BCUT2D eigenvalue weighted by Crippen LogP contribution is -2.57. The van der Waals surface area contributed by atoms with Crippen molar-refractivity contribution in [2.24, 2.45) is 0 Å². The predicted molar refractivity (Wildman–Crippen MR) is 106 cm³/mol. The minimum atomic E-state index is -1.31. The number of carbonyl (C=O) groups is 4. The highest BCUT2D eigenvalue weighted by Crippen LogP contribution is 2.37. The third-order valence-electron chi connectivity index (χ3n) is 5.38. The fraction of sp³-hybridized carbons (Fsp3) is 0.524. The Morgan fingerprint density at radius 2 is 1.90 bits per heavy atom. The number of piperidine rings is 1. The molecule has 1 aromatic rings. The molecule has 3 aliphatic heterocycles. The van der Waals surface area contributed by atoms with E-state index >= 15 is 0 Å². The molecule has 2 atom stereocenters. The molecule has 2 saturated heterocycles. The number of aliphatic hydroxyl groups is 1. The number of benzene rings is 1. The van der Waals surface area contributed by atoms with Crippen LogP contribution in [-0.2, 0) is 14.3 Å². The Kier molecular flexibility index (Phi) is 5.12. The molecule has 0 radical (unpaired) electrons. The molecule has 4 amide bonds. The van der Waals surface area contributed by atoms with E-state index < -0.39 is 41.7 Å². The molecule has 1 aromatic carbocycles. The smallest absolute Gasteiger partial charge is 0.410 e. The number of nitrogens with zero attached hydrogens (tertiary/aromatic N) is 2. The second-order valence-corrected chi connectivity index (χ2v) is 8.93. The number of rotatable bonds is 3. The Bertz CT molecular complexity index is 949. The maximum atomic E-state index is 12.8. The molecule has 0 spiro atoms. The first kappa shape index (κ1) is 21.1. The highest BCUT2D eigenvalue weighted by Gasteiger charge is 2.44. The molecular weight excluding hydrogens is 406 g/mol. The van der Waals surface area contributed by atoms with Gasteiger partial charge in [-0.05, 0) is 45.4 Å². The van der Waals surface area contributed by atoms with E-state index in [1.54, 1.807) is 39.0 Å². The summed E-state index contributed by atoms with van der Waals surface area (Å²) in [5.41, 5.74) is 0.0594. The number of imide groups is 1. The van der Waals surface area contributed by atoms with Crippen LogP contribution >= 0.6 is 0 Å². The van der Waals surface area contributed by atoms with Crippen molar-refractivity contribution in [3.63, 3.8) is 0 Å². The van der Waals surface area contributed by atoms with Crippen molar-refractivity contribution < 1.29 is 33.8 Å². The number of amides is 4. The molecular formula is C21H25N3O7. The fourth-order valence-electron chi connectivity index (χ4n) is 3.86. The molecule has 2 N–H and O–H groups in total. The summed E-state index contributed by atoms with van der Waals surface area (Å²) in [7, 11) is 0. The van der Waals surface area contributed by atoms with Crippen molar-refractivity contribution in [1.29, 1.82) is 0 Å². The Morgan fingerprint density at radius 1 is 1.19 bits per heavy atom. The van der Waals surface area contributed by atoms with E-state index in [1.807, 2.05) is 0 Å². The topological polar surface area (TPSA) is 125 Å². The Balaban J connectivity index is 1.40. The van der Waals surface area contributed by atoms with E-state index in [2.05, 4.69) is 5.32 Å². The average molecular weight is 431 g/mol. The zero-order valence-electron chi connectivity index (χ0n) is 17.6. The summed E-state index contributed by atoms with van der Waals surface area (Å²) >= 11 is 0. The van der Waals surface area contributed by atoms with E-state index in [0.29, 0.717) is 24.4 Å². The first-order chi connectivity index (χ1) is 14.5. The zero-order chi connectivity index (χ0) is 22.5. The van der Waals surface area contributed by atoms with Gasteiger partial charge in [0.15, 0.2) is 6.23 Å². The van der Waals surface area contributed by atoms with Crippen LogP contribution in [0.5, 0.6) is 5.75 Å². The van der Waals surface area contributed by atoms with Gasteiger partial charge in [0.2, 0.25) is 11.8 Å². The number of likely N-dealkylation sites (tertiary alicyclic amines) is 1. The Hall–Kier alpha value is -3.14. The lowest BCUT2D eigenvalue weighted by atomic mass is 10.0. The van der Waals surface area contributed by atoms with E-state index in [9.17, 15) is 24.3 Å². The molecule has 166 valence electrons. The van der Waals surface area contributed by atoms with Gasteiger partial charge < -0.3 is 19.5 Å². The molecule has 4 rings (SSSR count). The molecule has 0 bridgehead atoms. The molecule has 31 heavy (non-hydrogen) atoms. The van der Waals surface area contributed by atoms with Gasteiger partial charge in [0, 0.05) is 17.5 Å². The van der Waals surface area contributed by atoms with E-state index in [4.69, 9.17) is 9.47 Å². The Labute approximate surface area is 179 Å². The highest BCUT2D eigenvalue weighted by atomic mass is 16.6. The third-order valence-corrected chi connectivity index (χ3v) is 5.38. The fourth-order valence-corrected chi connectivity index (χ4v) is 3.86. The van der Waals surface area contributed by atoms with Gasteiger partial charge >= 0.3 is 6.09 Å². The predicted octanol–water partition coefficient (Wildman–Crippen LogP) is 0.937. The molecule has 10 nitrogen and oxygen atoms in total. The van der Waals surface area contributed by atoms with Gasteiger partial charge in [0.05, 0.1) is 13.1 Å². The first-order valence-electron chi connectivity index (χ1n) is 10.2. The van der Waals surface area contributed by atoms with Crippen LogP contribution in [0, 0.1) is 0 Å². The third kappa shape index (κ3) is 4.07. The van der Waals surface area contributed by atoms with Crippen LogP contribution in [-0.4, -0.2) is 69.6 Å². The van der Waals surface area contributed by atoms with Crippen LogP contribution in [0.2, 0.25) is 0 Å². The molecule has 2 unspecified atom stereocenters. The van der Waals surface area contributed by atoms with Crippen molar-refractivity contribution in [3.8, 4) is 5.75 Å². The minimum Gasteiger partial charge on any atom is -0.487 e. The molecule has 0 saturated carbocycles. The quantitative estimate of drug-likeness (QED) is 0.682. The van der Waals surface area contributed by atoms with Gasteiger partial charge in [0.25, 0.3) is 5.91 Å². The molecule has 3 heterocycles. The van der Waals surface area contributed by atoms with Crippen molar-refractivity contribution in [2.45, 2.75) is 57.6 Å². The second-order valence-electron chi connectivity index (χ2n) is 8.93.